The van der Waals surface area contributed by atoms with Crippen LogP contribution in [-0.2, 0) is 13.0 Å². The predicted molar refractivity (Wildman–Crippen MR) is 192 cm³/mol. The van der Waals surface area contributed by atoms with Crippen LogP contribution in [0.1, 0.15) is 69.2 Å². The number of unbranched alkanes of at least 4 members (excludes halogenated alkanes) is 1. The van der Waals surface area contributed by atoms with Gasteiger partial charge in [0.1, 0.15) is 17.1 Å². The van der Waals surface area contributed by atoms with E-state index in [0.717, 1.165) is 39.9 Å². The quantitative estimate of drug-likeness (QED) is 0.100. The van der Waals surface area contributed by atoms with Gasteiger partial charge in [-0.2, -0.15) is 0 Å². The zero-order valence-corrected chi connectivity index (χ0v) is 27.6. The van der Waals surface area contributed by atoms with Crippen LogP contribution in [0.3, 0.4) is 0 Å². The maximum atomic E-state index is 14.3. The smallest absolute Gasteiger partial charge is 0.323 e. The Morgan fingerprint density at radius 1 is 0.894 bits per heavy atom. The normalized spacial score (nSPS) is 11.2. The number of rotatable bonds is 13. The van der Waals surface area contributed by atoms with Crippen LogP contribution in [0.15, 0.2) is 103 Å². The second kappa shape index (κ2) is 15.4. The maximum absolute atomic E-state index is 14.3. The van der Waals surface area contributed by atoms with E-state index >= 15 is 0 Å². The first-order valence-corrected chi connectivity index (χ1v) is 16.2. The fourth-order valence-corrected chi connectivity index (χ4v) is 5.81. The first-order valence-electron chi connectivity index (χ1n) is 16.2. The highest BCUT2D eigenvalue weighted by Crippen LogP contribution is 2.36. The molecule has 0 aliphatic heterocycles. The van der Waals surface area contributed by atoms with Gasteiger partial charge in [-0.1, -0.05) is 70.2 Å². The average Bonchev–Trinajstić information content (AvgIpc) is 3.07. The van der Waals surface area contributed by atoms with Crippen molar-refractivity contribution in [2.75, 3.05) is 17.2 Å². The number of aromatic nitrogens is 3. The number of hydrogen-bond donors (Lipinski definition) is 2. The number of para-hydroxylation sites is 1. The third-order valence-electron chi connectivity index (χ3n) is 8.14. The topological polar surface area (TPSA) is 98.1 Å². The maximum Gasteiger partial charge on any atom is 0.323 e. The molecule has 242 valence electrons. The van der Waals surface area contributed by atoms with Crippen LogP contribution < -0.4 is 20.9 Å². The lowest BCUT2D eigenvalue weighted by molar-refractivity contribution is 0.262. The highest BCUT2D eigenvalue weighted by molar-refractivity contribution is 6.07. The molecule has 0 unspecified atom stereocenters. The number of carbonyl (C=O) groups is 1. The number of hydrogen-bond acceptors (Lipinski definition) is 5. The van der Waals surface area contributed by atoms with Gasteiger partial charge in [-0.3, -0.25) is 14.3 Å². The standard InChI is InChI=1S/C39H43N5O3/c1-6-7-10-23-44-37-33(19-13-22-41-37)34(28-14-11-16-30(25-28)47-24-20-29-15-8-9-21-40-29)36(38(44)45)43-39(46)42-35-31(26(2)3)17-12-18-32(35)27(4)5/h6,8-9,11-19,21-22,25-27H,1,7,10,20,23-24H2,2-5H3,(H2,42,43,46). The van der Waals surface area contributed by atoms with E-state index in [-0.39, 0.29) is 23.1 Å². The lowest BCUT2D eigenvalue weighted by Gasteiger charge is -2.22. The van der Waals surface area contributed by atoms with Crippen LogP contribution in [0.5, 0.6) is 5.75 Å². The third-order valence-corrected chi connectivity index (χ3v) is 8.14. The molecule has 2 amide bonds. The fourth-order valence-electron chi connectivity index (χ4n) is 5.81. The lowest BCUT2D eigenvalue weighted by atomic mass is 9.93. The summed E-state index contributed by atoms with van der Waals surface area (Å²) in [7, 11) is 0. The van der Waals surface area contributed by atoms with Crippen molar-refractivity contribution in [3.05, 3.63) is 125 Å². The number of pyridine rings is 3. The molecular weight excluding hydrogens is 586 g/mol. The van der Waals surface area contributed by atoms with Gasteiger partial charge < -0.3 is 15.4 Å². The molecule has 0 aliphatic carbocycles. The molecule has 3 aromatic heterocycles. The second-order valence-electron chi connectivity index (χ2n) is 12.2. The number of allylic oxidation sites excluding steroid dienone is 1. The summed E-state index contributed by atoms with van der Waals surface area (Å²) in [5.74, 6) is 1.02. The van der Waals surface area contributed by atoms with Gasteiger partial charge in [0.05, 0.1) is 6.61 Å². The first kappa shape index (κ1) is 33.1. The van der Waals surface area contributed by atoms with Crippen molar-refractivity contribution in [3.8, 4) is 16.9 Å². The van der Waals surface area contributed by atoms with E-state index in [0.29, 0.717) is 43.0 Å². The van der Waals surface area contributed by atoms with Gasteiger partial charge in [0.15, 0.2) is 0 Å². The Kier molecular flexibility index (Phi) is 10.8. The van der Waals surface area contributed by atoms with Gasteiger partial charge in [0, 0.05) is 47.7 Å². The highest BCUT2D eigenvalue weighted by Gasteiger charge is 2.23. The Morgan fingerprint density at radius 2 is 1.62 bits per heavy atom. The monoisotopic (exact) mass is 629 g/mol. The first-order chi connectivity index (χ1) is 22.8. The van der Waals surface area contributed by atoms with E-state index in [9.17, 15) is 9.59 Å². The number of ether oxygens (including phenoxy) is 1. The summed E-state index contributed by atoms with van der Waals surface area (Å²) in [5.41, 5.74) is 5.51. The molecule has 0 bridgehead atoms. The number of nitrogens with zero attached hydrogens (tertiary/aromatic N) is 3. The van der Waals surface area contributed by atoms with Crippen LogP contribution in [-0.4, -0.2) is 27.2 Å². The molecule has 0 fully saturated rings. The van der Waals surface area contributed by atoms with Crippen molar-refractivity contribution >= 4 is 28.4 Å². The van der Waals surface area contributed by atoms with Crippen LogP contribution in [0.25, 0.3) is 22.2 Å². The Hall–Kier alpha value is -5.24. The summed E-state index contributed by atoms with van der Waals surface area (Å²) in [4.78, 5) is 37.2. The fraction of sp³-hybridized carbons (Fsp3) is 0.282. The minimum Gasteiger partial charge on any atom is -0.493 e. The summed E-state index contributed by atoms with van der Waals surface area (Å²) in [5, 5.41) is 6.85. The van der Waals surface area contributed by atoms with E-state index in [1.807, 2.05) is 78.9 Å². The largest absolute Gasteiger partial charge is 0.493 e. The van der Waals surface area contributed by atoms with Crippen molar-refractivity contribution in [1.82, 2.24) is 14.5 Å². The zero-order chi connectivity index (χ0) is 33.3. The Bertz CT molecular complexity index is 1890. The molecule has 8 nitrogen and oxygen atoms in total. The average molecular weight is 630 g/mol. The van der Waals surface area contributed by atoms with E-state index < -0.39 is 6.03 Å². The van der Waals surface area contributed by atoms with Crippen molar-refractivity contribution in [2.45, 2.75) is 65.3 Å². The summed E-state index contributed by atoms with van der Waals surface area (Å²) in [6.07, 6.45) is 7.39. The molecule has 3 heterocycles. The van der Waals surface area contributed by atoms with Gasteiger partial charge in [-0.25, -0.2) is 9.78 Å². The number of nitrogens with one attached hydrogen (secondary N) is 2. The zero-order valence-electron chi connectivity index (χ0n) is 27.6. The van der Waals surface area contributed by atoms with E-state index in [2.05, 4.69) is 54.9 Å². The molecule has 0 saturated heterocycles. The van der Waals surface area contributed by atoms with E-state index in [4.69, 9.17) is 4.74 Å². The minimum absolute atomic E-state index is 0.181. The molecule has 2 aromatic carbocycles. The number of aryl methyl sites for hydroxylation is 1. The Labute approximate surface area is 276 Å². The highest BCUT2D eigenvalue weighted by atomic mass is 16.5. The van der Waals surface area contributed by atoms with Crippen molar-refractivity contribution in [2.24, 2.45) is 0 Å². The molecule has 8 heteroatoms. The molecule has 47 heavy (non-hydrogen) atoms. The summed E-state index contributed by atoms with van der Waals surface area (Å²) >= 11 is 0. The summed E-state index contributed by atoms with van der Waals surface area (Å²) in [6, 6.07) is 22.8. The molecule has 0 saturated carbocycles. The van der Waals surface area contributed by atoms with E-state index in [1.165, 1.54) is 0 Å². The molecular formula is C39H43N5O3. The Morgan fingerprint density at radius 3 is 2.32 bits per heavy atom. The van der Waals surface area contributed by atoms with Crippen molar-refractivity contribution in [3.63, 3.8) is 0 Å². The number of anilines is 2. The number of amides is 2. The van der Waals surface area contributed by atoms with Crippen molar-refractivity contribution < 1.29 is 9.53 Å². The summed E-state index contributed by atoms with van der Waals surface area (Å²) in [6.45, 7) is 13.1. The summed E-state index contributed by atoms with van der Waals surface area (Å²) < 4.78 is 7.77. The van der Waals surface area contributed by atoms with Crippen molar-refractivity contribution in [1.29, 1.82) is 0 Å². The SMILES string of the molecule is C=CCCCn1c(=O)c(NC(=O)Nc2c(C(C)C)cccc2C(C)C)c(-c2cccc(OCCc3ccccn3)c2)c2cccnc21. The molecule has 5 rings (SSSR count). The number of carbonyl (C=O) groups excluding carboxylic acids is 1. The van der Waals surface area contributed by atoms with Crippen LogP contribution in [0.2, 0.25) is 0 Å². The molecule has 0 spiro atoms. The lowest BCUT2D eigenvalue weighted by Crippen LogP contribution is -2.30. The minimum atomic E-state index is -0.484. The second-order valence-corrected chi connectivity index (χ2v) is 12.2. The predicted octanol–water partition coefficient (Wildman–Crippen LogP) is 8.94. The van der Waals surface area contributed by atoms with Gasteiger partial charge in [-0.05, 0) is 77.8 Å². The van der Waals surface area contributed by atoms with Gasteiger partial charge >= 0.3 is 6.03 Å². The molecule has 0 aliphatic rings. The van der Waals surface area contributed by atoms with Crippen LogP contribution >= 0.6 is 0 Å². The molecule has 2 N–H and O–H groups in total. The van der Waals surface area contributed by atoms with Gasteiger partial charge in [-0.15, -0.1) is 6.58 Å². The third kappa shape index (κ3) is 7.77. The molecule has 0 atom stereocenters. The van der Waals surface area contributed by atoms with Crippen LogP contribution in [0, 0.1) is 0 Å². The van der Waals surface area contributed by atoms with Gasteiger partial charge in [0.2, 0.25) is 0 Å². The molecule has 5 aromatic rings. The van der Waals surface area contributed by atoms with Crippen LogP contribution in [0.4, 0.5) is 16.2 Å². The number of benzene rings is 2. The Balaban J connectivity index is 1.58. The number of fused-ring (bicyclic) bond motifs is 1. The number of urea groups is 1. The van der Waals surface area contributed by atoms with E-state index in [1.54, 1.807) is 17.0 Å². The van der Waals surface area contributed by atoms with Gasteiger partial charge in [0.25, 0.3) is 5.56 Å². The molecule has 0 radical (unpaired) electrons.